The molecular weight excluding hydrogens is 350 g/mol. The second kappa shape index (κ2) is 8.37. The Labute approximate surface area is 159 Å². The van der Waals surface area contributed by atoms with Crippen molar-refractivity contribution < 1.29 is 14.3 Å². The van der Waals surface area contributed by atoms with E-state index in [4.69, 9.17) is 16.3 Å². The van der Waals surface area contributed by atoms with Crippen LogP contribution in [0.1, 0.15) is 49.2 Å². The highest BCUT2D eigenvalue weighted by molar-refractivity contribution is 6.33. The van der Waals surface area contributed by atoms with Gasteiger partial charge < -0.3 is 10.1 Å². The van der Waals surface area contributed by atoms with Crippen LogP contribution in [0.5, 0.6) is 0 Å². The monoisotopic (exact) mass is 373 g/mol. The molecule has 1 N–H and O–H groups in total. The van der Waals surface area contributed by atoms with Crippen molar-refractivity contribution in [2.75, 3.05) is 0 Å². The Morgan fingerprint density at radius 1 is 1.08 bits per heavy atom. The lowest BCUT2D eigenvalue weighted by atomic mass is 9.87. The minimum atomic E-state index is -0.771. The molecule has 0 fully saturated rings. The molecule has 138 valence electrons. The Morgan fingerprint density at radius 2 is 1.69 bits per heavy atom. The fourth-order valence-electron chi connectivity index (χ4n) is 2.36. The number of esters is 1. The maximum Gasteiger partial charge on any atom is 0.328 e. The molecule has 0 aliphatic carbocycles. The molecule has 4 nitrogen and oxygen atoms in total. The smallest absolute Gasteiger partial charge is 0.328 e. The largest absolute Gasteiger partial charge is 0.459 e. The third-order valence-corrected chi connectivity index (χ3v) is 4.35. The second-order valence-corrected chi connectivity index (χ2v) is 7.64. The summed E-state index contributed by atoms with van der Waals surface area (Å²) in [6.45, 7) is 8.18. The quantitative estimate of drug-likeness (QED) is 0.785. The molecule has 0 saturated carbocycles. The number of nitrogens with one attached hydrogen (secondary N) is 1. The lowest BCUT2D eigenvalue weighted by Gasteiger charge is -2.19. The standard InChI is InChI=1S/C21H24ClNO3/c1-14(23-19(24)17-7-5-6-8-18(17)22)20(25)26-13-15-9-11-16(12-10-15)21(2,3)4/h5-12,14H,13H2,1-4H3,(H,23,24)/t14-/m0/s1. The minimum Gasteiger partial charge on any atom is -0.459 e. The molecule has 0 radical (unpaired) electrons. The molecule has 0 unspecified atom stereocenters. The van der Waals surface area contributed by atoms with Crippen LogP contribution in [0.3, 0.4) is 0 Å². The summed E-state index contributed by atoms with van der Waals surface area (Å²) in [5, 5.41) is 2.94. The van der Waals surface area contributed by atoms with Crippen LogP contribution in [0.4, 0.5) is 0 Å². The number of carbonyl (C=O) groups is 2. The Morgan fingerprint density at radius 3 is 2.27 bits per heavy atom. The number of hydrogen-bond acceptors (Lipinski definition) is 3. The highest BCUT2D eigenvalue weighted by atomic mass is 35.5. The topological polar surface area (TPSA) is 55.4 Å². The number of ether oxygens (including phenoxy) is 1. The van der Waals surface area contributed by atoms with E-state index in [0.29, 0.717) is 10.6 Å². The highest BCUT2D eigenvalue weighted by Gasteiger charge is 2.19. The van der Waals surface area contributed by atoms with Crippen LogP contribution < -0.4 is 5.32 Å². The number of halogens is 1. The van der Waals surface area contributed by atoms with Crippen molar-refractivity contribution in [3.63, 3.8) is 0 Å². The van der Waals surface area contributed by atoms with Crippen molar-refractivity contribution >= 4 is 23.5 Å². The fourth-order valence-corrected chi connectivity index (χ4v) is 2.58. The first-order chi connectivity index (χ1) is 12.2. The lowest BCUT2D eigenvalue weighted by molar-refractivity contribution is -0.146. The third-order valence-electron chi connectivity index (χ3n) is 4.02. The molecule has 0 heterocycles. The summed E-state index contributed by atoms with van der Waals surface area (Å²) in [7, 11) is 0. The van der Waals surface area contributed by atoms with Crippen molar-refractivity contribution in [1.82, 2.24) is 5.32 Å². The number of carbonyl (C=O) groups excluding carboxylic acids is 2. The van der Waals surface area contributed by atoms with E-state index in [1.54, 1.807) is 31.2 Å². The molecule has 1 amide bonds. The number of rotatable bonds is 5. The van der Waals surface area contributed by atoms with Crippen LogP contribution in [0.15, 0.2) is 48.5 Å². The molecular formula is C21H24ClNO3. The second-order valence-electron chi connectivity index (χ2n) is 7.23. The van der Waals surface area contributed by atoms with Gasteiger partial charge in [0, 0.05) is 0 Å². The average molecular weight is 374 g/mol. The van der Waals surface area contributed by atoms with Crippen molar-refractivity contribution in [3.05, 3.63) is 70.2 Å². The predicted octanol–water partition coefficient (Wildman–Crippen LogP) is 4.50. The van der Waals surface area contributed by atoms with Crippen LogP contribution in [0, 0.1) is 0 Å². The van der Waals surface area contributed by atoms with Gasteiger partial charge in [0.1, 0.15) is 12.6 Å². The summed E-state index contributed by atoms with van der Waals surface area (Å²) in [5.41, 5.74) is 2.52. The summed E-state index contributed by atoms with van der Waals surface area (Å²) < 4.78 is 5.30. The van der Waals surface area contributed by atoms with E-state index >= 15 is 0 Å². The van der Waals surface area contributed by atoms with Gasteiger partial charge in [-0.15, -0.1) is 0 Å². The Hall–Kier alpha value is -2.33. The van der Waals surface area contributed by atoms with Crippen LogP contribution in [-0.4, -0.2) is 17.9 Å². The van der Waals surface area contributed by atoms with Gasteiger partial charge in [0.2, 0.25) is 0 Å². The van der Waals surface area contributed by atoms with Gasteiger partial charge in [0.15, 0.2) is 0 Å². The van der Waals surface area contributed by atoms with E-state index in [1.165, 1.54) is 5.56 Å². The van der Waals surface area contributed by atoms with Gasteiger partial charge in [0.05, 0.1) is 10.6 Å². The van der Waals surface area contributed by atoms with Gasteiger partial charge >= 0.3 is 5.97 Å². The Bertz CT molecular complexity index is 779. The number of amides is 1. The van der Waals surface area contributed by atoms with Crippen LogP contribution in [-0.2, 0) is 21.6 Å². The molecule has 26 heavy (non-hydrogen) atoms. The van der Waals surface area contributed by atoms with Crippen molar-refractivity contribution in [3.8, 4) is 0 Å². The average Bonchev–Trinajstić information content (AvgIpc) is 2.59. The first-order valence-corrected chi connectivity index (χ1v) is 8.87. The minimum absolute atomic E-state index is 0.0761. The van der Waals surface area contributed by atoms with Crippen LogP contribution >= 0.6 is 11.6 Å². The molecule has 2 rings (SSSR count). The molecule has 0 aliphatic rings. The summed E-state index contributed by atoms with van der Waals surface area (Å²) in [5.74, 6) is -0.903. The zero-order valence-corrected chi connectivity index (χ0v) is 16.3. The zero-order chi connectivity index (χ0) is 19.3. The third kappa shape index (κ3) is 5.33. The Kier molecular flexibility index (Phi) is 6.43. The van der Waals surface area contributed by atoms with Crippen LogP contribution in [0.25, 0.3) is 0 Å². The van der Waals surface area contributed by atoms with Gasteiger partial charge in [-0.3, -0.25) is 4.79 Å². The van der Waals surface area contributed by atoms with E-state index in [-0.39, 0.29) is 12.0 Å². The molecule has 0 aliphatic heterocycles. The SMILES string of the molecule is C[C@H](NC(=O)c1ccccc1Cl)C(=O)OCc1ccc(C(C)(C)C)cc1. The van der Waals surface area contributed by atoms with Gasteiger partial charge in [-0.2, -0.15) is 0 Å². The first kappa shape index (κ1) is 20.0. The molecule has 0 saturated heterocycles. The van der Waals surface area contributed by atoms with Crippen molar-refractivity contribution in [1.29, 1.82) is 0 Å². The van der Waals surface area contributed by atoms with E-state index in [0.717, 1.165) is 5.56 Å². The predicted molar refractivity (Wildman–Crippen MR) is 103 cm³/mol. The Balaban J connectivity index is 1.89. The van der Waals surface area contributed by atoms with E-state index in [1.807, 2.05) is 24.3 Å². The molecule has 1 atom stereocenters. The summed E-state index contributed by atoms with van der Waals surface area (Å²) >= 11 is 5.99. The molecule has 2 aromatic rings. The normalized spacial score (nSPS) is 12.3. The molecule has 5 heteroatoms. The van der Waals surface area contributed by atoms with Crippen molar-refractivity contribution in [2.24, 2.45) is 0 Å². The molecule has 0 bridgehead atoms. The van der Waals surface area contributed by atoms with Gasteiger partial charge in [-0.1, -0.05) is 68.8 Å². The summed E-state index contributed by atoms with van der Waals surface area (Å²) in [4.78, 5) is 24.3. The van der Waals surface area contributed by atoms with E-state index in [9.17, 15) is 9.59 Å². The lowest BCUT2D eigenvalue weighted by Crippen LogP contribution is -2.39. The summed E-state index contributed by atoms with van der Waals surface area (Å²) in [6, 6.07) is 13.9. The summed E-state index contributed by atoms with van der Waals surface area (Å²) in [6.07, 6.45) is 0. The zero-order valence-electron chi connectivity index (χ0n) is 15.5. The van der Waals surface area contributed by atoms with Gasteiger partial charge in [-0.25, -0.2) is 4.79 Å². The van der Waals surface area contributed by atoms with Gasteiger partial charge in [0.25, 0.3) is 5.91 Å². The molecule has 0 aromatic heterocycles. The van der Waals surface area contributed by atoms with E-state index in [2.05, 4.69) is 26.1 Å². The number of benzene rings is 2. The van der Waals surface area contributed by atoms with Gasteiger partial charge in [-0.05, 0) is 35.6 Å². The van der Waals surface area contributed by atoms with E-state index < -0.39 is 17.9 Å². The maximum absolute atomic E-state index is 12.2. The molecule has 0 spiro atoms. The fraction of sp³-hybridized carbons (Fsp3) is 0.333. The van der Waals surface area contributed by atoms with Crippen LogP contribution in [0.2, 0.25) is 5.02 Å². The number of hydrogen-bond donors (Lipinski definition) is 1. The highest BCUT2D eigenvalue weighted by Crippen LogP contribution is 2.22. The maximum atomic E-state index is 12.2. The first-order valence-electron chi connectivity index (χ1n) is 8.50. The van der Waals surface area contributed by atoms with Crippen molar-refractivity contribution in [2.45, 2.75) is 45.8 Å². The molecule has 2 aromatic carbocycles.